The largest absolute Gasteiger partial charge is 0.504 e. The van der Waals surface area contributed by atoms with Crippen LogP contribution in [0.15, 0.2) is 18.2 Å². The Kier molecular flexibility index (Phi) is 7.08. The molecule has 1 aromatic carbocycles. The molecule has 0 aliphatic carbocycles. The zero-order valence-corrected chi connectivity index (χ0v) is 13.9. The van der Waals surface area contributed by atoms with Crippen molar-refractivity contribution in [2.75, 3.05) is 20.3 Å². The van der Waals surface area contributed by atoms with Crippen molar-refractivity contribution in [1.82, 2.24) is 0 Å². The number of ether oxygens (including phenoxy) is 3. The molecule has 0 spiro atoms. The number of phenols is 1. The lowest BCUT2D eigenvalue weighted by atomic mass is 9.84. The Morgan fingerprint density at radius 2 is 1.64 bits per heavy atom. The first-order valence-corrected chi connectivity index (χ1v) is 7.44. The molecule has 1 rings (SSSR count). The summed E-state index contributed by atoms with van der Waals surface area (Å²) in [6, 6.07) is 3.41. The first-order chi connectivity index (χ1) is 11.7. The summed E-state index contributed by atoms with van der Waals surface area (Å²) in [5.74, 6) is -8.77. The van der Waals surface area contributed by atoms with Crippen molar-refractivity contribution in [2.45, 2.75) is 25.9 Å². The standard InChI is InChI=1S/C16H19F3O6/c1-4-24-14(21)11(15(22)25-5-2)12(16(17,18)19)9-7-6-8-10(23-3)13(9)20/h6-8,11-12,20H,4-5H2,1-3H3/t12-/m0/s1. The number of benzene rings is 1. The molecule has 0 saturated carbocycles. The first kappa shape index (κ1) is 20.6. The van der Waals surface area contributed by atoms with Crippen LogP contribution in [0.4, 0.5) is 13.2 Å². The number of rotatable bonds is 7. The molecule has 0 saturated heterocycles. The molecule has 140 valence electrons. The number of hydrogen-bond acceptors (Lipinski definition) is 6. The van der Waals surface area contributed by atoms with E-state index in [0.29, 0.717) is 0 Å². The molecule has 1 aromatic rings. The third kappa shape index (κ3) is 4.77. The minimum absolute atomic E-state index is 0.219. The summed E-state index contributed by atoms with van der Waals surface area (Å²) in [4.78, 5) is 24.1. The van der Waals surface area contributed by atoms with Crippen molar-refractivity contribution in [2.24, 2.45) is 5.92 Å². The fourth-order valence-corrected chi connectivity index (χ4v) is 2.33. The van der Waals surface area contributed by atoms with Crippen LogP contribution >= 0.6 is 0 Å². The predicted octanol–water partition coefficient (Wildman–Crippen LogP) is 2.79. The number of halogens is 3. The van der Waals surface area contributed by atoms with Crippen LogP contribution in [0.3, 0.4) is 0 Å². The lowest BCUT2D eigenvalue weighted by Gasteiger charge is -2.27. The number of hydrogen-bond donors (Lipinski definition) is 1. The Bertz CT molecular complexity index is 596. The molecule has 25 heavy (non-hydrogen) atoms. The molecule has 6 nitrogen and oxygen atoms in total. The van der Waals surface area contributed by atoms with Crippen molar-refractivity contribution in [3.05, 3.63) is 23.8 Å². The van der Waals surface area contributed by atoms with E-state index in [1.54, 1.807) is 0 Å². The van der Waals surface area contributed by atoms with Crippen molar-refractivity contribution in [3.8, 4) is 11.5 Å². The SMILES string of the molecule is CCOC(=O)C(C(=O)OCC)[C@H](c1cccc(OC)c1O)C(F)(F)F. The number of para-hydroxylation sites is 1. The van der Waals surface area contributed by atoms with E-state index in [1.807, 2.05) is 0 Å². The highest BCUT2D eigenvalue weighted by molar-refractivity contribution is 5.96. The van der Waals surface area contributed by atoms with Crippen LogP contribution in [0, 0.1) is 5.92 Å². The highest BCUT2D eigenvalue weighted by Gasteiger charge is 2.54. The number of phenolic OH excluding ortho intramolecular Hbond substituents is 1. The summed E-state index contributed by atoms with van der Waals surface area (Å²) in [5, 5.41) is 10.1. The average molecular weight is 364 g/mol. The maximum atomic E-state index is 13.7. The summed E-state index contributed by atoms with van der Waals surface area (Å²) in [6.07, 6.45) is -5.03. The molecule has 0 amide bonds. The van der Waals surface area contributed by atoms with E-state index in [9.17, 15) is 27.9 Å². The van der Waals surface area contributed by atoms with Gasteiger partial charge in [0.25, 0.3) is 0 Å². The van der Waals surface area contributed by atoms with Crippen molar-refractivity contribution < 1.29 is 42.1 Å². The Hall–Kier alpha value is -2.45. The molecule has 0 unspecified atom stereocenters. The number of carbonyl (C=O) groups excluding carboxylic acids is 2. The molecule has 1 atom stereocenters. The Morgan fingerprint density at radius 3 is 2.04 bits per heavy atom. The maximum Gasteiger partial charge on any atom is 0.397 e. The van der Waals surface area contributed by atoms with Gasteiger partial charge in [0, 0.05) is 5.56 Å². The van der Waals surface area contributed by atoms with Gasteiger partial charge >= 0.3 is 18.1 Å². The van der Waals surface area contributed by atoms with Crippen LogP contribution in [-0.4, -0.2) is 43.5 Å². The lowest BCUT2D eigenvalue weighted by Crippen LogP contribution is -2.40. The van der Waals surface area contributed by atoms with Gasteiger partial charge in [-0.25, -0.2) is 0 Å². The van der Waals surface area contributed by atoms with Crippen LogP contribution in [-0.2, 0) is 19.1 Å². The molecule has 0 fully saturated rings. The maximum absolute atomic E-state index is 13.7. The number of alkyl halides is 3. The van der Waals surface area contributed by atoms with E-state index >= 15 is 0 Å². The van der Waals surface area contributed by atoms with Crippen LogP contribution in [0.25, 0.3) is 0 Å². The van der Waals surface area contributed by atoms with Gasteiger partial charge in [-0.3, -0.25) is 9.59 Å². The molecule has 0 aliphatic heterocycles. The highest BCUT2D eigenvalue weighted by atomic mass is 19.4. The fraction of sp³-hybridized carbons (Fsp3) is 0.500. The van der Waals surface area contributed by atoms with E-state index < -0.39 is 41.3 Å². The molecule has 0 aromatic heterocycles. The zero-order chi connectivity index (χ0) is 19.2. The minimum Gasteiger partial charge on any atom is -0.504 e. The van der Waals surface area contributed by atoms with Gasteiger partial charge in [0.2, 0.25) is 0 Å². The van der Waals surface area contributed by atoms with Crippen molar-refractivity contribution >= 4 is 11.9 Å². The second kappa shape index (κ2) is 8.59. The number of aromatic hydroxyl groups is 1. The van der Waals surface area contributed by atoms with E-state index in [1.165, 1.54) is 26.0 Å². The Labute approximate surface area is 142 Å². The third-order valence-electron chi connectivity index (χ3n) is 3.35. The summed E-state index contributed by atoms with van der Waals surface area (Å²) in [7, 11) is 1.16. The molecule has 0 heterocycles. The summed E-state index contributed by atoms with van der Waals surface area (Å²) in [5.41, 5.74) is -0.682. The van der Waals surface area contributed by atoms with E-state index in [4.69, 9.17) is 4.74 Å². The topological polar surface area (TPSA) is 82.1 Å². The summed E-state index contributed by atoms with van der Waals surface area (Å²) >= 11 is 0. The van der Waals surface area contributed by atoms with Gasteiger partial charge in [-0.05, 0) is 19.9 Å². The van der Waals surface area contributed by atoms with Crippen LogP contribution < -0.4 is 4.74 Å². The number of carbonyl (C=O) groups is 2. The van der Waals surface area contributed by atoms with Gasteiger partial charge in [-0.2, -0.15) is 13.2 Å². The highest BCUT2D eigenvalue weighted by Crippen LogP contribution is 2.46. The van der Waals surface area contributed by atoms with Crippen LogP contribution in [0.2, 0.25) is 0 Å². The average Bonchev–Trinajstić information content (AvgIpc) is 2.52. The van der Waals surface area contributed by atoms with E-state index in [-0.39, 0.29) is 19.0 Å². The molecular formula is C16H19F3O6. The summed E-state index contributed by atoms with van der Waals surface area (Å²) < 4.78 is 55.1. The quantitative estimate of drug-likeness (QED) is 0.592. The zero-order valence-electron chi connectivity index (χ0n) is 13.9. The second-order valence-corrected chi connectivity index (χ2v) is 4.90. The molecular weight excluding hydrogens is 345 g/mol. The van der Waals surface area contributed by atoms with Crippen molar-refractivity contribution in [1.29, 1.82) is 0 Å². The second-order valence-electron chi connectivity index (χ2n) is 4.90. The molecule has 0 bridgehead atoms. The van der Waals surface area contributed by atoms with E-state index in [2.05, 4.69) is 9.47 Å². The predicted molar refractivity (Wildman–Crippen MR) is 80.2 cm³/mol. The van der Waals surface area contributed by atoms with Crippen molar-refractivity contribution in [3.63, 3.8) is 0 Å². The van der Waals surface area contributed by atoms with Gasteiger partial charge in [-0.15, -0.1) is 0 Å². The Balaban J connectivity index is 3.54. The van der Waals surface area contributed by atoms with E-state index in [0.717, 1.165) is 13.2 Å². The fourth-order valence-electron chi connectivity index (χ4n) is 2.33. The smallest absolute Gasteiger partial charge is 0.397 e. The molecule has 0 radical (unpaired) electrons. The third-order valence-corrected chi connectivity index (χ3v) is 3.35. The van der Waals surface area contributed by atoms with Gasteiger partial charge < -0.3 is 19.3 Å². The van der Waals surface area contributed by atoms with Crippen LogP contribution in [0.5, 0.6) is 11.5 Å². The van der Waals surface area contributed by atoms with Gasteiger partial charge in [0.15, 0.2) is 17.4 Å². The van der Waals surface area contributed by atoms with Gasteiger partial charge in [-0.1, -0.05) is 12.1 Å². The number of methoxy groups -OCH3 is 1. The minimum atomic E-state index is -5.03. The van der Waals surface area contributed by atoms with Gasteiger partial charge in [0.1, 0.15) is 5.92 Å². The monoisotopic (exact) mass is 364 g/mol. The first-order valence-electron chi connectivity index (χ1n) is 7.44. The van der Waals surface area contributed by atoms with Gasteiger partial charge in [0.05, 0.1) is 20.3 Å². The summed E-state index contributed by atoms with van der Waals surface area (Å²) in [6.45, 7) is 2.35. The lowest BCUT2D eigenvalue weighted by molar-refractivity contribution is -0.189. The van der Waals surface area contributed by atoms with Crippen LogP contribution in [0.1, 0.15) is 25.3 Å². The Morgan fingerprint density at radius 1 is 1.12 bits per heavy atom. The molecule has 1 N–H and O–H groups in total. The molecule has 0 aliphatic rings. The molecule has 9 heteroatoms. The normalized spacial score (nSPS) is 12.6. The number of esters is 2.